The molecule has 0 atom stereocenters. The fraction of sp³-hybridized carbons (Fsp3) is 0.231. The number of methoxy groups -OCH3 is 1. The van der Waals surface area contributed by atoms with Gasteiger partial charge in [0.25, 0.3) is 0 Å². The van der Waals surface area contributed by atoms with E-state index < -0.39 is 0 Å². The van der Waals surface area contributed by atoms with Crippen LogP contribution in [0.15, 0.2) is 36.8 Å². The topological polar surface area (TPSA) is 70.1 Å². The summed E-state index contributed by atoms with van der Waals surface area (Å²) in [6, 6.07) is 7.02. The minimum atomic E-state index is -0.121. The highest BCUT2D eigenvalue weighted by Gasteiger charge is 2.12. The molecule has 0 fully saturated rings. The van der Waals surface area contributed by atoms with Gasteiger partial charge in [0.1, 0.15) is 11.4 Å². The first-order chi connectivity index (χ1) is 8.74. The number of rotatable bonds is 5. The Kier molecular flexibility index (Phi) is 3.74. The predicted octanol–water partition coefficient (Wildman–Crippen LogP) is 1.08. The molecule has 0 aliphatic carbocycles. The first kappa shape index (κ1) is 12.3. The van der Waals surface area contributed by atoms with Gasteiger partial charge in [0.05, 0.1) is 13.4 Å². The summed E-state index contributed by atoms with van der Waals surface area (Å²) < 4.78 is 6.89. The van der Waals surface area contributed by atoms with E-state index in [0.717, 1.165) is 0 Å². The highest BCUT2D eigenvalue weighted by Crippen LogP contribution is 2.15. The first-order valence-electron chi connectivity index (χ1n) is 5.65. The van der Waals surface area contributed by atoms with Crippen molar-refractivity contribution in [1.82, 2.24) is 9.55 Å². The number of hydrogen-bond donors (Lipinski definition) is 1. The Balaban J connectivity index is 2.23. The van der Waals surface area contributed by atoms with Gasteiger partial charge in [-0.25, -0.2) is 4.98 Å². The molecule has 0 saturated heterocycles. The zero-order valence-electron chi connectivity index (χ0n) is 10.2. The molecule has 0 spiro atoms. The molecule has 1 heterocycles. The lowest BCUT2D eigenvalue weighted by molar-refractivity contribution is 0.103. The van der Waals surface area contributed by atoms with E-state index in [0.29, 0.717) is 30.1 Å². The Morgan fingerprint density at radius 2 is 2.33 bits per heavy atom. The lowest BCUT2D eigenvalue weighted by atomic mass is 10.1. The average molecular weight is 245 g/mol. The SMILES string of the molecule is COc1cccc(C(=O)c2cn(CCN)cn2)c1. The standard InChI is InChI=1S/C13H15N3O2/c1-18-11-4-2-3-10(7-11)13(17)12-8-16(6-5-14)9-15-12/h2-4,7-9H,5-6,14H2,1H3. The summed E-state index contributed by atoms with van der Waals surface area (Å²) in [6.45, 7) is 1.17. The van der Waals surface area contributed by atoms with Crippen LogP contribution < -0.4 is 10.5 Å². The molecule has 0 saturated carbocycles. The number of ketones is 1. The highest BCUT2D eigenvalue weighted by molar-refractivity contribution is 6.07. The van der Waals surface area contributed by atoms with Crippen molar-refractivity contribution in [3.05, 3.63) is 48.0 Å². The summed E-state index contributed by atoms with van der Waals surface area (Å²) in [5.74, 6) is 0.534. The third-order valence-electron chi connectivity index (χ3n) is 2.59. The van der Waals surface area contributed by atoms with Crippen molar-refractivity contribution in [2.75, 3.05) is 13.7 Å². The van der Waals surface area contributed by atoms with Crippen molar-refractivity contribution in [2.45, 2.75) is 6.54 Å². The molecule has 1 aromatic carbocycles. The summed E-state index contributed by atoms with van der Waals surface area (Å²) in [5, 5.41) is 0. The smallest absolute Gasteiger partial charge is 0.213 e. The third-order valence-corrected chi connectivity index (χ3v) is 2.59. The van der Waals surface area contributed by atoms with E-state index in [1.54, 1.807) is 48.5 Å². The van der Waals surface area contributed by atoms with Crippen molar-refractivity contribution >= 4 is 5.78 Å². The Hall–Kier alpha value is -2.14. The number of hydrogen-bond acceptors (Lipinski definition) is 4. The van der Waals surface area contributed by atoms with E-state index in [1.165, 1.54) is 0 Å². The Morgan fingerprint density at radius 1 is 1.50 bits per heavy atom. The second-order valence-electron chi connectivity index (χ2n) is 3.85. The van der Waals surface area contributed by atoms with Crippen molar-refractivity contribution < 1.29 is 9.53 Å². The zero-order valence-corrected chi connectivity index (χ0v) is 10.2. The number of benzene rings is 1. The van der Waals surface area contributed by atoms with Gasteiger partial charge in [-0.15, -0.1) is 0 Å². The van der Waals surface area contributed by atoms with Gasteiger partial charge >= 0.3 is 0 Å². The third kappa shape index (κ3) is 2.57. The minimum Gasteiger partial charge on any atom is -0.497 e. The number of carbonyl (C=O) groups is 1. The summed E-state index contributed by atoms with van der Waals surface area (Å²) in [7, 11) is 1.57. The lowest BCUT2D eigenvalue weighted by Crippen LogP contribution is -2.08. The van der Waals surface area contributed by atoms with Crippen LogP contribution >= 0.6 is 0 Å². The van der Waals surface area contributed by atoms with Crippen molar-refractivity contribution in [3.8, 4) is 5.75 Å². The van der Waals surface area contributed by atoms with Crippen LogP contribution in [0.2, 0.25) is 0 Å². The molecular formula is C13H15N3O2. The fourth-order valence-corrected chi connectivity index (χ4v) is 1.66. The number of aromatic nitrogens is 2. The van der Waals surface area contributed by atoms with Gasteiger partial charge in [-0.1, -0.05) is 12.1 Å². The van der Waals surface area contributed by atoms with Gasteiger partial charge < -0.3 is 15.0 Å². The quantitative estimate of drug-likeness (QED) is 0.800. The van der Waals surface area contributed by atoms with Crippen LogP contribution in [0.1, 0.15) is 16.1 Å². The van der Waals surface area contributed by atoms with Crippen LogP contribution in [0.5, 0.6) is 5.75 Å². The van der Waals surface area contributed by atoms with Crippen molar-refractivity contribution in [1.29, 1.82) is 0 Å². The number of ether oxygens (including phenoxy) is 1. The molecule has 0 aliphatic rings. The van der Waals surface area contributed by atoms with E-state index >= 15 is 0 Å². The molecule has 5 nitrogen and oxygen atoms in total. The van der Waals surface area contributed by atoms with Crippen molar-refractivity contribution in [3.63, 3.8) is 0 Å². The number of carbonyl (C=O) groups excluding carboxylic acids is 1. The van der Waals surface area contributed by atoms with Crippen LogP contribution in [0.3, 0.4) is 0 Å². The molecule has 0 bridgehead atoms. The van der Waals surface area contributed by atoms with E-state index in [-0.39, 0.29) is 5.78 Å². The van der Waals surface area contributed by atoms with E-state index in [9.17, 15) is 4.79 Å². The normalized spacial score (nSPS) is 10.3. The van der Waals surface area contributed by atoms with Gasteiger partial charge in [-0.05, 0) is 12.1 Å². The second kappa shape index (κ2) is 5.46. The van der Waals surface area contributed by atoms with Crippen LogP contribution in [-0.4, -0.2) is 29.0 Å². The van der Waals surface area contributed by atoms with Gasteiger partial charge in [0, 0.05) is 24.8 Å². The molecule has 2 N–H and O–H groups in total. The second-order valence-corrected chi connectivity index (χ2v) is 3.85. The monoisotopic (exact) mass is 245 g/mol. The molecule has 5 heteroatoms. The molecule has 2 aromatic rings. The van der Waals surface area contributed by atoms with E-state index in [2.05, 4.69) is 4.98 Å². The van der Waals surface area contributed by atoms with Crippen LogP contribution in [0.4, 0.5) is 0 Å². The molecule has 18 heavy (non-hydrogen) atoms. The largest absolute Gasteiger partial charge is 0.497 e. The minimum absolute atomic E-state index is 0.121. The highest BCUT2D eigenvalue weighted by atomic mass is 16.5. The van der Waals surface area contributed by atoms with Crippen molar-refractivity contribution in [2.24, 2.45) is 5.73 Å². The number of nitrogens with zero attached hydrogens (tertiary/aromatic N) is 2. The summed E-state index contributed by atoms with van der Waals surface area (Å²) in [6.07, 6.45) is 3.31. The maximum absolute atomic E-state index is 12.2. The Morgan fingerprint density at radius 3 is 3.06 bits per heavy atom. The van der Waals surface area contributed by atoms with Gasteiger partial charge in [-0.3, -0.25) is 4.79 Å². The summed E-state index contributed by atoms with van der Waals surface area (Å²) in [5.41, 5.74) is 6.42. The summed E-state index contributed by atoms with van der Waals surface area (Å²) in [4.78, 5) is 16.3. The molecule has 0 aliphatic heterocycles. The van der Waals surface area contributed by atoms with Gasteiger partial charge in [-0.2, -0.15) is 0 Å². The fourth-order valence-electron chi connectivity index (χ4n) is 1.66. The predicted molar refractivity (Wildman–Crippen MR) is 67.7 cm³/mol. The molecule has 1 aromatic heterocycles. The Bertz CT molecular complexity index is 549. The zero-order chi connectivity index (χ0) is 13.0. The summed E-state index contributed by atoms with van der Waals surface area (Å²) >= 11 is 0. The molecule has 0 amide bonds. The lowest BCUT2D eigenvalue weighted by Gasteiger charge is -2.02. The van der Waals surface area contributed by atoms with E-state index in [4.69, 9.17) is 10.5 Å². The molecule has 94 valence electrons. The van der Waals surface area contributed by atoms with Gasteiger partial charge in [0.15, 0.2) is 0 Å². The Labute approximate surface area is 105 Å². The maximum atomic E-state index is 12.2. The van der Waals surface area contributed by atoms with E-state index in [1.807, 2.05) is 0 Å². The molecular weight excluding hydrogens is 230 g/mol. The average Bonchev–Trinajstić information content (AvgIpc) is 2.87. The number of nitrogens with two attached hydrogens (primary N) is 1. The first-order valence-corrected chi connectivity index (χ1v) is 5.65. The van der Waals surface area contributed by atoms with Crippen LogP contribution in [0.25, 0.3) is 0 Å². The number of imidazole rings is 1. The van der Waals surface area contributed by atoms with Crippen LogP contribution in [-0.2, 0) is 6.54 Å². The molecule has 0 unspecified atom stereocenters. The molecule has 0 radical (unpaired) electrons. The van der Waals surface area contributed by atoms with Gasteiger partial charge in [0.2, 0.25) is 5.78 Å². The van der Waals surface area contributed by atoms with Crippen LogP contribution in [0, 0.1) is 0 Å². The molecule has 2 rings (SSSR count). The maximum Gasteiger partial charge on any atom is 0.213 e.